The molecule has 1 unspecified atom stereocenters. The van der Waals surface area contributed by atoms with Crippen molar-refractivity contribution in [3.05, 3.63) is 71.0 Å². The summed E-state index contributed by atoms with van der Waals surface area (Å²) in [5.41, 5.74) is 2.36. The maximum Gasteiger partial charge on any atom is 0.321 e. The Kier molecular flexibility index (Phi) is 6.56. The SMILES string of the molecule is Cc1cc(NC2=NC(N3CCC(C(=O)c4ccc(C(F)(F)I)cc4)CC3)=NC3CC=CC=C23)n[nH]1. The van der Waals surface area contributed by atoms with Crippen LogP contribution in [0.15, 0.2) is 64.1 Å². The number of alkyl halides is 3. The van der Waals surface area contributed by atoms with Gasteiger partial charge in [-0.25, -0.2) is 4.99 Å². The number of ketones is 1. The average Bonchev–Trinajstić information content (AvgIpc) is 3.27. The first-order chi connectivity index (χ1) is 16.8. The van der Waals surface area contributed by atoms with Crippen molar-refractivity contribution in [3.8, 4) is 0 Å². The molecule has 3 aliphatic rings. The molecule has 2 aliphatic heterocycles. The van der Waals surface area contributed by atoms with Crippen LogP contribution in [0.3, 0.4) is 0 Å². The predicted octanol–water partition coefficient (Wildman–Crippen LogP) is 5.23. The van der Waals surface area contributed by atoms with Gasteiger partial charge >= 0.3 is 3.93 Å². The van der Waals surface area contributed by atoms with Crippen LogP contribution in [0.2, 0.25) is 0 Å². The first-order valence-corrected chi connectivity index (χ1v) is 12.6. The second-order valence-electron chi connectivity index (χ2n) is 8.95. The molecule has 182 valence electrons. The Balaban J connectivity index is 1.27. The number of Topliss-reactive ketones (excluding diaryl/α,β-unsaturated/α-hetero) is 1. The molecule has 0 amide bonds. The molecule has 0 bridgehead atoms. The van der Waals surface area contributed by atoms with Gasteiger partial charge in [0.1, 0.15) is 5.84 Å². The number of rotatable bonds is 4. The lowest BCUT2D eigenvalue weighted by molar-refractivity contribution is 0.0871. The van der Waals surface area contributed by atoms with E-state index in [9.17, 15) is 13.6 Å². The highest BCUT2D eigenvalue weighted by molar-refractivity contribution is 14.1. The van der Waals surface area contributed by atoms with Gasteiger partial charge in [0.05, 0.1) is 6.04 Å². The van der Waals surface area contributed by atoms with Gasteiger partial charge in [-0.1, -0.05) is 42.5 Å². The van der Waals surface area contributed by atoms with Gasteiger partial charge in [-0.15, -0.1) is 0 Å². The first-order valence-electron chi connectivity index (χ1n) is 11.6. The van der Waals surface area contributed by atoms with Crippen LogP contribution in [0.4, 0.5) is 14.6 Å². The molecular formula is C25H25F2IN6O. The molecule has 1 saturated heterocycles. The zero-order chi connectivity index (χ0) is 24.6. The van der Waals surface area contributed by atoms with E-state index in [4.69, 9.17) is 9.98 Å². The summed E-state index contributed by atoms with van der Waals surface area (Å²) in [6.45, 7) is 3.25. The Morgan fingerprint density at radius 2 is 1.97 bits per heavy atom. The molecule has 0 spiro atoms. The van der Waals surface area contributed by atoms with E-state index < -0.39 is 3.93 Å². The number of nitrogens with one attached hydrogen (secondary N) is 2. The lowest BCUT2D eigenvalue weighted by Gasteiger charge is -2.35. The standard InChI is InChI=1S/C25H25F2IN6O/c1-15-14-21(33-32-15)30-23-19-4-2-3-5-20(19)29-24(31-23)34-12-10-17(11-13-34)22(35)16-6-8-18(9-7-16)25(26,27)28/h2-4,6-9,14,17,20H,5,10-13H2,1H3,(H2,29,30,31,32,33). The largest absolute Gasteiger partial charge is 0.341 e. The summed E-state index contributed by atoms with van der Waals surface area (Å²) in [6, 6.07) is 7.59. The maximum absolute atomic E-state index is 13.5. The minimum Gasteiger partial charge on any atom is -0.341 e. The van der Waals surface area contributed by atoms with Crippen LogP contribution >= 0.6 is 22.6 Å². The van der Waals surface area contributed by atoms with Crippen LogP contribution in [-0.2, 0) is 3.93 Å². The third-order valence-corrected chi connectivity index (χ3v) is 7.11. The Labute approximate surface area is 215 Å². The number of H-pyrrole nitrogens is 1. The van der Waals surface area contributed by atoms with E-state index in [1.54, 1.807) is 0 Å². The molecule has 1 aliphatic carbocycles. The molecule has 0 saturated carbocycles. The molecular weight excluding hydrogens is 565 g/mol. The van der Waals surface area contributed by atoms with E-state index >= 15 is 0 Å². The topological polar surface area (TPSA) is 85.7 Å². The van der Waals surface area contributed by atoms with Crippen LogP contribution in [0.25, 0.3) is 0 Å². The summed E-state index contributed by atoms with van der Waals surface area (Å²) >= 11 is 1.10. The van der Waals surface area contributed by atoms with Crippen molar-refractivity contribution in [2.24, 2.45) is 15.9 Å². The van der Waals surface area contributed by atoms with Crippen molar-refractivity contribution in [1.82, 2.24) is 15.1 Å². The van der Waals surface area contributed by atoms with Crippen LogP contribution in [0, 0.1) is 12.8 Å². The van der Waals surface area contributed by atoms with E-state index in [0.717, 1.165) is 46.1 Å². The Bertz CT molecular complexity index is 1230. The van der Waals surface area contributed by atoms with Crippen molar-refractivity contribution in [2.45, 2.75) is 36.2 Å². The number of aromatic nitrogens is 2. The fourth-order valence-corrected chi connectivity index (χ4v) is 4.93. The van der Waals surface area contributed by atoms with Crippen molar-refractivity contribution < 1.29 is 13.6 Å². The second-order valence-corrected chi connectivity index (χ2v) is 10.3. The fraction of sp³-hybridized carbons (Fsp3) is 0.360. The van der Waals surface area contributed by atoms with Gasteiger partial charge in [0.2, 0.25) is 5.96 Å². The molecule has 10 heteroatoms. The molecule has 7 nitrogen and oxygen atoms in total. The number of halogens is 3. The van der Waals surface area contributed by atoms with Gasteiger partial charge in [-0.3, -0.25) is 9.89 Å². The normalized spacial score (nSPS) is 20.6. The van der Waals surface area contributed by atoms with E-state index in [0.29, 0.717) is 43.3 Å². The zero-order valence-corrected chi connectivity index (χ0v) is 21.3. The summed E-state index contributed by atoms with van der Waals surface area (Å²) in [7, 11) is 0. The summed E-state index contributed by atoms with van der Waals surface area (Å²) < 4.78 is 24.0. The number of carbonyl (C=O) groups excluding carboxylic acids is 1. The minimum atomic E-state index is -2.95. The number of amidine groups is 1. The molecule has 0 radical (unpaired) electrons. The number of aromatic amines is 1. The van der Waals surface area contributed by atoms with Crippen LogP contribution < -0.4 is 5.32 Å². The third-order valence-electron chi connectivity index (χ3n) is 6.48. The molecule has 5 rings (SSSR count). The van der Waals surface area contributed by atoms with Gasteiger partial charge in [0.15, 0.2) is 11.6 Å². The quantitative estimate of drug-likeness (QED) is 0.290. The van der Waals surface area contributed by atoms with Crippen molar-refractivity contribution in [1.29, 1.82) is 0 Å². The van der Waals surface area contributed by atoms with Crippen molar-refractivity contribution in [2.75, 3.05) is 18.4 Å². The second kappa shape index (κ2) is 9.63. The fourth-order valence-electron chi connectivity index (χ4n) is 4.57. The van der Waals surface area contributed by atoms with Gasteiger partial charge in [0, 0.05) is 70.1 Å². The number of likely N-dealkylation sites (tertiary alicyclic amines) is 1. The number of piperidine rings is 1. The number of benzene rings is 1. The summed E-state index contributed by atoms with van der Waals surface area (Å²) in [4.78, 5) is 24.8. The number of hydrogen-bond donors (Lipinski definition) is 2. The van der Waals surface area contributed by atoms with Crippen LogP contribution in [0.1, 0.15) is 40.9 Å². The summed E-state index contributed by atoms with van der Waals surface area (Å²) in [5.74, 6) is 1.95. The first kappa shape index (κ1) is 23.8. The number of guanidine groups is 1. The molecule has 2 N–H and O–H groups in total. The van der Waals surface area contributed by atoms with E-state index in [1.807, 2.05) is 25.1 Å². The van der Waals surface area contributed by atoms with Crippen molar-refractivity contribution in [3.63, 3.8) is 0 Å². The number of aliphatic imine (C=N–C) groups is 2. The van der Waals surface area contributed by atoms with Crippen LogP contribution in [-0.4, -0.2) is 51.8 Å². The molecule has 3 heterocycles. The third kappa shape index (κ3) is 5.21. The summed E-state index contributed by atoms with van der Waals surface area (Å²) in [6.07, 6.45) is 8.27. The molecule has 1 atom stereocenters. The van der Waals surface area contributed by atoms with Gasteiger partial charge in [-0.05, 0) is 26.2 Å². The number of allylic oxidation sites excluding steroid dienone is 2. The lowest BCUT2D eigenvalue weighted by Crippen LogP contribution is -2.43. The van der Waals surface area contributed by atoms with Gasteiger partial charge < -0.3 is 10.2 Å². The van der Waals surface area contributed by atoms with Crippen molar-refractivity contribution >= 4 is 46.0 Å². The van der Waals surface area contributed by atoms with E-state index in [-0.39, 0.29) is 23.3 Å². The monoisotopic (exact) mass is 590 g/mol. The number of nitrogens with zero attached hydrogens (tertiary/aromatic N) is 4. The molecule has 1 fully saturated rings. The number of hydrogen-bond acceptors (Lipinski definition) is 6. The molecule has 2 aromatic rings. The van der Waals surface area contributed by atoms with E-state index in [1.165, 1.54) is 24.3 Å². The summed E-state index contributed by atoms with van der Waals surface area (Å²) in [5, 5.41) is 10.5. The number of carbonyl (C=O) groups is 1. The highest BCUT2D eigenvalue weighted by Gasteiger charge is 2.32. The predicted molar refractivity (Wildman–Crippen MR) is 140 cm³/mol. The number of aryl methyl sites for hydroxylation is 1. The average molecular weight is 590 g/mol. The molecule has 1 aromatic carbocycles. The minimum absolute atomic E-state index is 0.000883. The highest BCUT2D eigenvalue weighted by atomic mass is 127. The lowest BCUT2D eigenvalue weighted by atomic mass is 9.88. The highest BCUT2D eigenvalue weighted by Crippen LogP contribution is 2.35. The molecule has 1 aromatic heterocycles. The van der Waals surface area contributed by atoms with E-state index in [2.05, 4.69) is 26.5 Å². The molecule has 35 heavy (non-hydrogen) atoms. The van der Waals surface area contributed by atoms with Crippen LogP contribution in [0.5, 0.6) is 0 Å². The van der Waals surface area contributed by atoms with Gasteiger partial charge in [0.25, 0.3) is 0 Å². The van der Waals surface area contributed by atoms with Gasteiger partial charge in [-0.2, -0.15) is 18.9 Å². The smallest absolute Gasteiger partial charge is 0.321 e. The Morgan fingerprint density at radius 3 is 2.63 bits per heavy atom. The Morgan fingerprint density at radius 1 is 1.23 bits per heavy atom. The Hall–Kier alpha value is -2.89. The number of fused-ring (bicyclic) bond motifs is 1. The number of anilines is 1. The maximum atomic E-state index is 13.5. The zero-order valence-electron chi connectivity index (χ0n) is 19.1.